The van der Waals surface area contributed by atoms with Gasteiger partial charge >= 0.3 is 0 Å². The lowest BCUT2D eigenvalue weighted by Crippen LogP contribution is -2.22. The molecule has 2 nitrogen and oxygen atoms in total. The van der Waals surface area contributed by atoms with Crippen molar-refractivity contribution >= 4 is 17.4 Å². The van der Waals surface area contributed by atoms with Crippen molar-refractivity contribution in [3.63, 3.8) is 0 Å². The maximum atomic E-state index is 11.6. The zero-order valence-corrected chi connectivity index (χ0v) is 10.4. The van der Waals surface area contributed by atoms with E-state index in [9.17, 15) is 9.90 Å². The van der Waals surface area contributed by atoms with Gasteiger partial charge in [0.25, 0.3) is 0 Å². The molecule has 16 heavy (non-hydrogen) atoms. The standard InChI is InChI=1S/C13H17ClO2/c1-3-4-12(15)13(16)8-10-6-5-9(2)7-11(10)14/h5-7,12,15H,3-4,8H2,1-2H3. The molecule has 1 aromatic carbocycles. The molecule has 1 atom stereocenters. The van der Waals surface area contributed by atoms with Crippen molar-refractivity contribution in [1.82, 2.24) is 0 Å². The number of carbonyl (C=O) groups excluding carboxylic acids is 1. The van der Waals surface area contributed by atoms with Crippen LogP contribution in [0.5, 0.6) is 0 Å². The average Bonchev–Trinajstić information content (AvgIpc) is 2.22. The van der Waals surface area contributed by atoms with Crippen LogP contribution in [0, 0.1) is 6.92 Å². The maximum Gasteiger partial charge on any atom is 0.165 e. The van der Waals surface area contributed by atoms with E-state index in [4.69, 9.17) is 11.6 Å². The van der Waals surface area contributed by atoms with E-state index in [1.54, 1.807) is 0 Å². The van der Waals surface area contributed by atoms with Crippen molar-refractivity contribution in [2.45, 2.75) is 39.2 Å². The molecule has 0 saturated carbocycles. The number of aliphatic hydroxyl groups excluding tert-OH is 1. The number of benzene rings is 1. The third-order valence-corrected chi connectivity index (χ3v) is 2.86. The fraction of sp³-hybridized carbons (Fsp3) is 0.462. The van der Waals surface area contributed by atoms with Crippen LogP contribution in [0.3, 0.4) is 0 Å². The molecule has 0 aliphatic carbocycles. The first-order valence-electron chi connectivity index (χ1n) is 5.50. The van der Waals surface area contributed by atoms with Crippen LogP contribution in [0.1, 0.15) is 30.9 Å². The molecule has 0 aromatic heterocycles. The smallest absolute Gasteiger partial charge is 0.165 e. The van der Waals surface area contributed by atoms with Crippen molar-refractivity contribution in [1.29, 1.82) is 0 Å². The Bertz CT molecular complexity index is 374. The van der Waals surface area contributed by atoms with Gasteiger partial charge in [-0.05, 0) is 30.5 Å². The van der Waals surface area contributed by atoms with Gasteiger partial charge in [0.15, 0.2) is 5.78 Å². The Morgan fingerprint density at radius 1 is 1.50 bits per heavy atom. The topological polar surface area (TPSA) is 37.3 Å². The summed E-state index contributed by atoms with van der Waals surface area (Å²) in [6, 6.07) is 5.59. The van der Waals surface area contributed by atoms with Gasteiger partial charge in [-0.2, -0.15) is 0 Å². The van der Waals surface area contributed by atoms with E-state index in [1.165, 1.54) is 0 Å². The molecule has 1 unspecified atom stereocenters. The van der Waals surface area contributed by atoms with Crippen LogP contribution in [0.25, 0.3) is 0 Å². The SMILES string of the molecule is CCCC(O)C(=O)Cc1ccc(C)cc1Cl. The van der Waals surface area contributed by atoms with Crippen LogP contribution in [0.4, 0.5) is 0 Å². The zero-order chi connectivity index (χ0) is 12.1. The van der Waals surface area contributed by atoms with Gasteiger partial charge in [0.05, 0.1) is 0 Å². The molecule has 0 amide bonds. The predicted octanol–water partition coefficient (Wildman–Crippen LogP) is 2.92. The molecule has 0 aliphatic heterocycles. The zero-order valence-electron chi connectivity index (χ0n) is 9.66. The summed E-state index contributed by atoms with van der Waals surface area (Å²) in [7, 11) is 0. The van der Waals surface area contributed by atoms with Gasteiger partial charge in [-0.25, -0.2) is 0 Å². The number of halogens is 1. The molecule has 1 rings (SSSR count). The minimum absolute atomic E-state index is 0.160. The Morgan fingerprint density at radius 3 is 2.75 bits per heavy atom. The van der Waals surface area contributed by atoms with Crippen LogP contribution in [-0.2, 0) is 11.2 Å². The summed E-state index contributed by atoms with van der Waals surface area (Å²) in [6.07, 6.45) is 0.666. The summed E-state index contributed by atoms with van der Waals surface area (Å²) in [6.45, 7) is 3.89. The number of hydrogen-bond acceptors (Lipinski definition) is 2. The highest BCUT2D eigenvalue weighted by molar-refractivity contribution is 6.31. The van der Waals surface area contributed by atoms with Gasteiger partial charge in [0.1, 0.15) is 6.10 Å². The minimum atomic E-state index is -0.859. The first kappa shape index (κ1) is 13.2. The molecular formula is C13H17ClO2. The van der Waals surface area contributed by atoms with E-state index < -0.39 is 6.10 Å². The van der Waals surface area contributed by atoms with E-state index in [2.05, 4.69) is 0 Å². The molecular weight excluding hydrogens is 224 g/mol. The fourth-order valence-corrected chi connectivity index (χ4v) is 1.84. The van der Waals surface area contributed by atoms with E-state index in [0.717, 1.165) is 17.5 Å². The molecule has 0 spiro atoms. The maximum absolute atomic E-state index is 11.6. The highest BCUT2D eigenvalue weighted by Gasteiger charge is 2.15. The van der Waals surface area contributed by atoms with E-state index in [-0.39, 0.29) is 12.2 Å². The van der Waals surface area contributed by atoms with Gasteiger partial charge in [-0.1, -0.05) is 37.1 Å². The van der Waals surface area contributed by atoms with Gasteiger partial charge in [0.2, 0.25) is 0 Å². The number of Topliss-reactive ketones (excluding diaryl/α,β-unsaturated/α-hetero) is 1. The summed E-state index contributed by atoms with van der Waals surface area (Å²) >= 11 is 6.02. The lowest BCUT2D eigenvalue weighted by molar-refractivity contribution is -0.126. The molecule has 88 valence electrons. The van der Waals surface area contributed by atoms with E-state index in [0.29, 0.717) is 11.4 Å². The van der Waals surface area contributed by atoms with E-state index in [1.807, 2.05) is 32.0 Å². The highest BCUT2D eigenvalue weighted by atomic mass is 35.5. The van der Waals surface area contributed by atoms with Crippen molar-refractivity contribution in [2.75, 3.05) is 0 Å². The second-order valence-corrected chi connectivity index (χ2v) is 4.45. The second kappa shape index (κ2) is 6.02. The quantitative estimate of drug-likeness (QED) is 0.859. The van der Waals surface area contributed by atoms with Crippen LogP contribution in [0.2, 0.25) is 5.02 Å². The molecule has 3 heteroatoms. The number of rotatable bonds is 5. The van der Waals surface area contributed by atoms with Gasteiger partial charge in [0, 0.05) is 11.4 Å². The van der Waals surface area contributed by atoms with Crippen LogP contribution in [0.15, 0.2) is 18.2 Å². The molecule has 0 fully saturated rings. The molecule has 0 bridgehead atoms. The van der Waals surface area contributed by atoms with Crippen LogP contribution in [-0.4, -0.2) is 17.0 Å². The molecule has 0 heterocycles. The third-order valence-electron chi connectivity index (χ3n) is 2.51. The lowest BCUT2D eigenvalue weighted by atomic mass is 10.0. The summed E-state index contributed by atoms with van der Waals surface area (Å²) in [4.78, 5) is 11.6. The number of hydrogen-bond donors (Lipinski definition) is 1. The normalized spacial score (nSPS) is 12.5. The first-order valence-corrected chi connectivity index (χ1v) is 5.88. The molecule has 1 aromatic rings. The molecule has 0 saturated heterocycles. The number of aliphatic hydroxyl groups is 1. The molecule has 1 N–H and O–H groups in total. The summed E-state index contributed by atoms with van der Waals surface area (Å²) in [5, 5.41) is 10.1. The lowest BCUT2D eigenvalue weighted by Gasteiger charge is -2.09. The van der Waals surface area contributed by atoms with Crippen molar-refractivity contribution < 1.29 is 9.90 Å². The monoisotopic (exact) mass is 240 g/mol. The van der Waals surface area contributed by atoms with Crippen molar-refractivity contribution in [3.05, 3.63) is 34.3 Å². The largest absolute Gasteiger partial charge is 0.385 e. The minimum Gasteiger partial charge on any atom is -0.385 e. The van der Waals surface area contributed by atoms with Crippen LogP contribution < -0.4 is 0 Å². The summed E-state index contributed by atoms with van der Waals surface area (Å²) in [5.41, 5.74) is 1.85. The van der Waals surface area contributed by atoms with Crippen molar-refractivity contribution in [2.24, 2.45) is 0 Å². The van der Waals surface area contributed by atoms with Crippen LogP contribution >= 0.6 is 11.6 Å². The third kappa shape index (κ3) is 3.62. The Labute approximate surface area is 101 Å². The number of ketones is 1. The molecule has 0 aliphatic rings. The van der Waals surface area contributed by atoms with Gasteiger partial charge in [-0.15, -0.1) is 0 Å². The van der Waals surface area contributed by atoms with E-state index >= 15 is 0 Å². The number of aryl methyl sites for hydroxylation is 1. The Morgan fingerprint density at radius 2 is 2.19 bits per heavy atom. The van der Waals surface area contributed by atoms with Gasteiger partial charge in [-0.3, -0.25) is 4.79 Å². The Kier molecular flexibility index (Phi) is 4.97. The Hall–Kier alpha value is -0.860. The first-order chi connectivity index (χ1) is 7.54. The second-order valence-electron chi connectivity index (χ2n) is 4.04. The van der Waals surface area contributed by atoms with Gasteiger partial charge < -0.3 is 5.11 Å². The highest BCUT2D eigenvalue weighted by Crippen LogP contribution is 2.19. The fourth-order valence-electron chi connectivity index (χ4n) is 1.54. The average molecular weight is 241 g/mol. The summed E-state index contributed by atoms with van der Waals surface area (Å²) < 4.78 is 0. The Balaban J connectivity index is 2.69. The van der Waals surface area contributed by atoms with Crippen molar-refractivity contribution in [3.8, 4) is 0 Å². The predicted molar refractivity (Wildman–Crippen MR) is 65.8 cm³/mol. The summed E-state index contributed by atoms with van der Waals surface area (Å²) in [5.74, 6) is -0.160. The molecule has 0 radical (unpaired) electrons. The number of carbonyl (C=O) groups is 1.